The summed E-state index contributed by atoms with van der Waals surface area (Å²) in [7, 11) is 0. The smallest absolute Gasteiger partial charge is 0.246 e. The summed E-state index contributed by atoms with van der Waals surface area (Å²) < 4.78 is 10.5. The van der Waals surface area contributed by atoms with Crippen LogP contribution in [0, 0.1) is 0 Å². The summed E-state index contributed by atoms with van der Waals surface area (Å²) in [6.45, 7) is 2.72. The molecule has 1 aliphatic rings. The normalized spacial score (nSPS) is 14.9. The van der Waals surface area contributed by atoms with Gasteiger partial charge in [0.25, 0.3) is 0 Å². The van der Waals surface area contributed by atoms with Gasteiger partial charge in [0, 0.05) is 32.3 Å². The summed E-state index contributed by atoms with van der Waals surface area (Å²) in [5, 5.41) is 8.51. The fourth-order valence-corrected chi connectivity index (χ4v) is 2.85. The van der Waals surface area contributed by atoms with Crippen LogP contribution in [0.4, 0.5) is 5.82 Å². The Kier molecular flexibility index (Phi) is 4.51. The van der Waals surface area contributed by atoms with Crippen molar-refractivity contribution in [3.05, 3.63) is 60.8 Å². The van der Waals surface area contributed by atoms with Crippen LogP contribution in [0.3, 0.4) is 0 Å². The molecular formula is C19H18N4O3. The van der Waals surface area contributed by atoms with Gasteiger partial charge >= 0.3 is 0 Å². The number of carbonyl (C=O) groups is 1. The molecule has 3 aromatic rings. The Morgan fingerprint density at radius 2 is 1.77 bits per heavy atom. The maximum absolute atomic E-state index is 12.3. The van der Waals surface area contributed by atoms with Crippen LogP contribution >= 0.6 is 0 Å². The fraction of sp³-hybridized carbons (Fsp3) is 0.211. The van der Waals surface area contributed by atoms with Crippen LogP contribution in [0.5, 0.6) is 0 Å². The summed E-state index contributed by atoms with van der Waals surface area (Å²) in [5.74, 6) is 2.16. The highest BCUT2D eigenvalue weighted by Gasteiger charge is 2.21. The van der Waals surface area contributed by atoms with Crippen LogP contribution in [0.25, 0.3) is 17.5 Å². The van der Waals surface area contributed by atoms with Gasteiger partial charge in [-0.3, -0.25) is 4.79 Å². The molecule has 4 rings (SSSR count). The second-order valence-electron chi connectivity index (χ2n) is 5.92. The lowest BCUT2D eigenvalue weighted by Gasteiger charge is -2.34. The number of rotatable bonds is 4. The highest BCUT2D eigenvalue weighted by atomic mass is 16.3. The minimum Gasteiger partial charge on any atom is -0.465 e. The van der Waals surface area contributed by atoms with E-state index in [2.05, 4.69) is 15.1 Å². The molecule has 0 bridgehead atoms. The van der Waals surface area contributed by atoms with E-state index >= 15 is 0 Å². The molecule has 0 N–H and O–H groups in total. The summed E-state index contributed by atoms with van der Waals surface area (Å²) >= 11 is 0. The van der Waals surface area contributed by atoms with Gasteiger partial charge in [-0.1, -0.05) is 0 Å². The third kappa shape index (κ3) is 3.51. The minimum atomic E-state index is -0.0136. The lowest BCUT2D eigenvalue weighted by molar-refractivity contribution is -0.126. The number of furan rings is 2. The van der Waals surface area contributed by atoms with Gasteiger partial charge in [-0.2, -0.15) is 0 Å². The van der Waals surface area contributed by atoms with E-state index in [1.54, 1.807) is 30.7 Å². The zero-order chi connectivity index (χ0) is 17.8. The van der Waals surface area contributed by atoms with Gasteiger partial charge in [-0.15, -0.1) is 10.2 Å². The van der Waals surface area contributed by atoms with Crippen molar-refractivity contribution in [2.45, 2.75) is 0 Å². The number of amides is 1. The largest absolute Gasteiger partial charge is 0.465 e. The zero-order valence-corrected chi connectivity index (χ0v) is 14.1. The van der Waals surface area contributed by atoms with Crippen LogP contribution < -0.4 is 4.90 Å². The predicted molar refractivity (Wildman–Crippen MR) is 96.3 cm³/mol. The van der Waals surface area contributed by atoms with Crippen molar-refractivity contribution >= 4 is 17.8 Å². The molecule has 3 aromatic heterocycles. The standard InChI is InChI=1S/C19H18N4O3/c24-19(8-5-15-3-1-13-25-15)23-11-9-22(10-12-23)18-7-6-16(20-21-18)17-4-2-14-26-17/h1-8,13-14H,9-12H2/b8-5+. The lowest BCUT2D eigenvalue weighted by atomic mass is 10.2. The number of hydrogen-bond acceptors (Lipinski definition) is 6. The first-order chi connectivity index (χ1) is 12.8. The van der Waals surface area contributed by atoms with E-state index in [1.165, 1.54) is 0 Å². The number of carbonyl (C=O) groups excluding carboxylic acids is 1. The quantitative estimate of drug-likeness (QED) is 0.674. The first kappa shape index (κ1) is 16.1. The molecule has 0 radical (unpaired) electrons. The van der Waals surface area contributed by atoms with Crippen molar-refractivity contribution < 1.29 is 13.6 Å². The first-order valence-corrected chi connectivity index (χ1v) is 8.43. The molecule has 0 atom stereocenters. The molecule has 0 aromatic carbocycles. The Morgan fingerprint density at radius 1 is 0.962 bits per heavy atom. The number of aromatic nitrogens is 2. The summed E-state index contributed by atoms with van der Waals surface area (Å²) in [4.78, 5) is 16.2. The molecule has 1 fully saturated rings. The first-order valence-electron chi connectivity index (χ1n) is 8.43. The summed E-state index contributed by atoms with van der Waals surface area (Å²) in [6.07, 6.45) is 6.43. The Hall–Kier alpha value is -3.35. The second-order valence-corrected chi connectivity index (χ2v) is 5.92. The maximum Gasteiger partial charge on any atom is 0.246 e. The summed E-state index contributed by atoms with van der Waals surface area (Å²) in [5.41, 5.74) is 0.704. The van der Waals surface area contributed by atoms with E-state index in [-0.39, 0.29) is 5.91 Å². The van der Waals surface area contributed by atoms with E-state index in [0.29, 0.717) is 30.3 Å². The summed E-state index contributed by atoms with van der Waals surface area (Å²) in [6, 6.07) is 11.1. The molecule has 0 unspecified atom stereocenters. The van der Waals surface area contributed by atoms with Gasteiger partial charge in [0.1, 0.15) is 11.5 Å². The van der Waals surface area contributed by atoms with Crippen LogP contribution in [-0.4, -0.2) is 47.2 Å². The van der Waals surface area contributed by atoms with Gasteiger partial charge in [0.05, 0.1) is 12.5 Å². The van der Waals surface area contributed by atoms with Crippen molar-refractivity contribution in [1.82, 2.24) is 15.1 Å². The van der Waals surface area contributed by atoms with Gasteiger partial charge in [-0.05, 0) is 42.5 Å². The number of hydrogen-bond donors (Lipinski definition) is 0. The highest BCUT2D eigenvalue weighted by molar-refractivity contribution is 5.91. The van der Waals surface area contributed by atoms with Crippen molar-refractivity contribution in [2.75, 3.05) is 31.1 Å². The monoisotopic (exact) mass is 350 g/mol. The average molecular weight is 350 g/mol. The van der Waals surface area contributed by atoms with Gasteiger partial charge in [-0.25, -0.2) is 0 Å². The molecule has 0 aliphatic carbocycles. The Morgan fingerprint density at radius 3 is 2.42 bits per heavy atom. The molecule has 4 heterocycles. The van der Waals surface area contributed by atoms with Crippen molar-refractivity contribution in [2.24, 2.45) is 0 Å². The number of anilines is 1. The van der Waals surface area contributed by atoms with E-state index in [4.69, 9.17) is 8.83 Å². The molecule has 7 heteroatoms. The maximum atomic E-state index is 12.3. The van der Waals surface area contributed by atoms with Gasteiger partial charge < -0.3 is 18.6 Å². The Bertz CT molecular complexity index is 862. The van der Waals surface area contributed by atoms with Crippen molar-refractivity contribution in [3.8, 4) is 11.5 Å². The number of nitrogens with zero attached hydrogens (tertiary/aromatic N) is 4. The van der Waals surface area contributed by atoms with Gasteiger partial charge in [0.15, 0.2) is 11.6 Å². The van der Waals surface area contributed by atoms with Gasteiger partial charge in [0.2, 0.25) is 5.91 Å². The third-order valence-electron chi connectivity index (χ3n) is 4.27. The Labute approximate surface area is 150 Å². The fourth-order valence-electron chi connectivity index (χ4n) is 2.85. The van der Waals surface area contributed by atoms with Crippen molar-refractivity contribution in [3.63, 3.8) is 0 Å². The molecule has 1 amide bonds. The van der Waals surface area contributed by atoms with Crippen LogP contribution in [-0.2, 0) is 4.79 Å². The SMILES string of the molecule is O=C(/C=C/c1ccco1)N1CCN(c2ccc(-c3ccco3)nn2)CC1. The zero-order valence-electron chi connectivity index (χ0n) is 14.1. The Balaban J connectivity index is 1.34. The molecular weight excluding hydrogens is 332 g/mol. The molecule has 1 aliphatic heterocycles. The third-order valence-corrected chi connectivity index (χ3v) is 4.27. The van der Waals surface area contributed by atoms with Crippen LogP contribution in [0.15, 0.2) is 63.8 Å². The minimum absolute atomic E-state index is 0.0136. The van der Waals surface area contributed by atoms with E-state index in [1.807, 2.05) is 35.2 Å². The topological polar surface area (TPSA) is 75.6 Å². The molecule has 0 spiro atoms. The molecule has 1 saturated heterocycles. The predicted octanol–water partition coefficient (Wildman–Crippen LogP) is 2.69. The second kappa shape index (κ2) is 7.26. The number of piperazine rings is 1. The average Bonchev–Trinajstić information content (AvgIpc) is 3.40. The molecule has 132 valence electrons. The molecule has 0 saturated carbocycles. The van der Waals surface area contributed by atoms with Crippen LogP contribution in [0.2, 0.25) is 0 Å². The van der Waals surface area contributed by atoms with Crippen molar-refractivity contribution in [1.29, 1.82) is 0 Å². The lowest BCUT2D eigenvalue weighted by Crippen LogP contribution is -2.48. The van der Waals surface area contributed by atoms with E-state index in [0.717, 1.165) is 18.9 Å². The van der Waals surface area contributed by atoms with E-state index in [9.17, 15) is 4.79 Å². The molecule has 7 nitrogen and oxygen atoms in total. The molecule has 26 heavy (non-hydrogen) atoms. The van der Waals surface area contributed by atoms with Crippen LogP contribution in [0.1, 0.15) is 5.76 Å². The van der Waals surface area contributed by atoms with E-state index < -0.39 is 0 Å². The highest BCUT2D eigenvalue weighted by Crippen LogP contribution is 2.19.